The number of aryl methyl sites for hydroxylation is 1. The van der Waals surface area contributed by atoms with E-state index in [-0.39, 0.29) is 28.7 Å². The van der Waals surface area contributed by atoms with Crippen molar-refractivity contribution in [3.8, 4) is 5.75 Å². The van der Waals surface area contributed by atoms with Gasteiger partial charge in [-0.1, -0.05) is 25.1 Å². The number of nitrogens with one attached hydrogen (secondary N) is 1. The first-order valence-corrected chi connectivity index (χ1v) is 13.0. The molecule has 1 atom stereocenters. The molecule has 2 heterocycles. The fraction of sp³-hybridized carbons (Fsp3) is 0.185. The fourth-order valence-corrected chi connectivity index (χ4v) is 5.69. The van der Waals surface area contributed by atoms with Crippen molar-refractivity contribution in [2.24, 2.45) is 0 Å². The van der Waals surface area contributed by atoms with Gasteiger partial charge < -0.3 is 14.5 Å². The fourth-order valence-electron chi connectivity index (χ4n) is 4.14. The van der Waals surface area contributed by atoms with E-state index in [2.05, 4.69) is 5.32 Å². The molecule has 0 fully saturated rings. The third-order valence-electron chi connectivity index (χ3n) is 6.01. The molecule has 36 heavy (non-hydrogen) atoms. The van der Waals surface area contributed by atoms with Crippen LogP contribution in [0.3, 0.4) is 0 Å². The minimum absolute atomic E-state index is 0.0772. The van der Waals surface area contributed by atoms with Gasteiger partial charge in [-0.05, 0) is 67.4 Å². The number of carbonyl (C=O) groups excluding carboxylic acids is 1. The van der Waals surface area contributed by atoms with Crippen molar-refractivity contribution >= 4 is 38.3 Å². The summed E-state index contributed by atoms with van der Waals surface area (Å²) in [4.78, 5) is 25.3. The molecule has 1 aliphatic heterocycles. The molecule has 0 saturated heterocycles. The zero-order chi connectivity index (χ0) is 25.4. The maximum Gasteiger partial charge on any atom is 0.291 e. The lowest BCUT2D eigenvalue weighted by molar-refractivity contribution is 0.0997. The maximum atomic E-state index is 13.4. The SMILES string of the molecule is CCc1ccc2oc(C(=O)Nc3ccc(S(=O)(=O)N4C[C@@H](C)Oc5ccccc54)cc3)cc(=O)c2c1. The minimum Gasteiger partial charge on any atom is -0.487 e. The van der Waals surface area contributed by atoms with Crippen molar-refractivity contribution in [3.63, 3.8) is 0 Å². The lowest BCUT2D eigenvalue weighted by Gasteiger charge is -2.34. The molecule has 184 valence electrons. The Kier molecular flexibility index (Phi) is 6.01. The van der Waals surface area contributed by atoms with E-state index in [1.807, 2.05) is 19.9 Å². The van der Waals surface area contributed by atoms with Crippen molar-refractivity contribution in [1.29, 1.82) is 0 Å². The average molecular weight is 505 g/mol. The number of carbonyl (C=O) groups is 1. The molecule has 0 spiro atoms. The number of hydrogen-bond acceptors (Lipinski definition) is 6. The molecule has 5 rings (SSSR count). The van der Waals surface area contributed by atoms with Crippen LogP contribution in [-0.2, 0) is 16.4 Å². The van der Waals surface area contributed by atoms with Crippen LogP contribution in [0.25, 0.3) is 11.0 Å². The molecule has 3 aromatic carbocycles. The maximum absolute atomic E-state index is 13.4. The van der Waals surface area contributed by atoms with Crippen LogP contribution in [0.1, 0.15) is 30.0 Å². The average Bonchev–Trinajstić information content (AvgIpc) is 2.88. The van der Waals surface area contributed by atoms with Crippen LogP contribution in [0.2, 0.25) is 0 Å². The van der Waals surface area contributed by atoms with E-state index in [4.69, 9.17) is 9.15 Å². The van der Waals surface area contributed by atoms with Gasteiger partial charge in [-0.25, -0.2) is 8.42 Å². The second-order valence-electron chi connectivity index (χ2n) is 8.57. The van der Waals surface area contributed by atoms with Crippen molar-refractivity contribution in [3.05, 3.63) is 94.3 Å². The molecule has 0 bridgehead atoms. The Morgan fingerprint density at radius 1 is 1.06 bits per heavy atom. The first-order valence-electron chi connectivity index (χ1n) is 11.5. The van der Waals surface area contributed by atoms with E-state index in [0.29, 0.717) is 28.1 Å². The Morgan fingerprint density at radius 3 is 2.56 bits per heavy atom. The van der Waals surface area contributed by atoms with Crippen molar-refractivity contribution in [2.45, 2.75) is 31.3 Å². The van der Waals surface area contributed by atoms with Gasteiger partial charge >= 0.3 is 0 Å². The first-order chi connectivity index (χ1) is 17.3. The van der Waals surface area contributed by atoms with Gasteiger partial charge in [-0.15, -0.1) is 0 Å². The summed E-state index contributed by atoms with van der Waals surface area (Å²) in [5.41, 5.74) is 1.85. The third-order valence-corrected chi connectivity index (χ3v) is 7.80. The van der Waals surface area contributed by atoms with Gasteiger partial charge in [0.25, 0.3) is 15.9 Å². The van der Waals surface area contributed by atoms with E-state index in [9.17, 15) is 18.0 Å². The molecular weight excluding hydrogens is 480 g/mol. The largest absolute Gasteiger partial charge is 0.487 e. The highest BCUT2D eigenvalue weighted by atomic mass is 32.2. The van der Waals surface area contributed by atoms with Crippen LogP contribution in [0, 0.1) is 0 Å². The Labute approximate surface area is 208 Å². The molecule has 0 radical (unpaired) electrons. The zero-order valence-electron chi connectivity index (χ0n) is 19.7. The smallest absolute Gasteiger partial charge is 0.291 e. The van der Waals surface area contributed by atoms with E-state index in [1.54, 1.807) is 36.4 Å². The van der Waals surface area contributed by atoms with E-state index in [0.717, 1.165) is 18.1 Å². The number of amides is 1. The third kappa shape index (κ3) is 4.33. The molecule has 1 aliphatic rings. The monoisotopic (exact) mass is 504 g/mol. The first kappa shape index (κ1) is 23.6. The van der Waals surface area contributed by atoms with Crippen LogP contribution >= 0.6 is 0 Å². The van der Waals surface area contributed by atoms with Crippen molar-refractivity contribution in [1.82, 2.24) is 0 Å². The Morgan fingerprint density at radius 2 is 1.81 bits per heavy atom. The second kappa shape index (κ2) is 9.16. The minimum atomic E-state index is -3.86. The highest BCUT2D eigenvalue weighted by molar-refractivity contribution is 7.92. The standard InChI is InChI=1S/C27H24N2O6S/c1-3-18-8-13-24-21(14-18)23(30)15-26(35-24)27(31)28-19-9-11-20(12-10-19)36(32,33)29-16-17(2)34-25-7-5-4-6-22(25)29/h4-15,17H,3,16H2,1-2H3,(H,28,31)/t17-/m1/s1. The number of ether oxygens (including phenoxy) is 1. The van der Waals surface area contributed by atoms with Crippen LogP contribution < -0.4 is 19.8 Å². The molecule has 0 unspecified atom stereocenters. The van der Waals surface area contributed by atoms with Crippen LogP contribution in [0.4, 0.5) is 11.4 Å². The Balaban J connectivity index is 1.38. The molecule has 4 aromatic rings. The summed E-state index contributed by atoms with van der Waals surface area (Å²) in [7, 11) is -3.86. The predicted molar refractivity (Wildman–Crippen MR) is 137 cm³/mol. The topological polar surface area (TPSA) is 106 Å². The molecule has 1 N–H and O–H groups in total. The molecule has 0 aliphatic carbocycles. The van der Waals surface area contributed by atoms with Gasteiger partial charge in [0.1, 0.15) is 17.4 Å². The van der Waals surface area contributed by atoms with Gasteiger partial charge in [0.05, 0.1) is 22.5 Å². The predicted octanol–water partition coefficient (Wildman–Crippen LogP) is 4.58. The summed E-state index contributed by atoms with van der Waals surface area (Å²) in [5.74, 6) is -0.237. The Hall–Kier alpha value is -4.11. The van der Waals surface area contributed by atoms with Crippen LogP contribution in [0.15, 0.2) is 86.9 Å². The normalized spacial score (nSPS) is 15.3. The molecular formula is C27H24N2O6S. The molecule has 8 nitrogen and oxygen atoms in total. The van der Waals surface area contributed by atoms with Gasteiger partial charge in [0, 0.05) is 11.8 Å². The van der Waals surface area contributed by atoms with E-state index < -0.39 is 15.9 Å². The number of rotatable bonds is 5. The van der Waals surface area contributed by atoms with Crippen LogP contribution in [-0.4, -0.2) is 27.0 Å². The molecule has 1 amide bonds. The van der Waals surface area contributed by atoms with Crippen LogP contribution in [0.5, 0.6) is 5.75 Å². The number of para-hydroxylation sites is 2. The highest BCUT2D eigenvalue weighted by Crippen LogP contribution is 2.36. The summed E-state index contributed by atoms with van der Waals surface area (Å²) >= 11 is 0. The summed E-state index contributed by atoms with van der Waals surface area (Å²) in [6.07, 6.45) is 0.471. The van der Waals surface area contributed by atoms with Crippen molar-refractivity contribution in [2.75, 3.05) is 16.2 Å². The van der Waals surface area contributed by atoms with Gasteiger partial charge in [0.2, 0.25) is 0 Å². The summed E-state index contributed by atoms with van der Waals surface area (Å²) in [5, 5.41) is 3.07. The molecule has 0 saturated carbocycles. The number of benzene rings is 3. The summed E-state index contributed by atoms with van der Waals surface area (Å²) in [6.45, 7) is 3.98. The lowest BCUT2D eigenvalue weighted by atomic mass is 10.1. The highest BCUT2D eigenvalue weighted by Gasteiger charge is 2.32. The number of nitrogens with zero attached hydrogens (tertiary/aromatic N) is 1. The van der Waals surface area contributed by atoms with E-state index in [1.165, 1.54) is 28.6 Å². The van der Waals surface area contributed by atoms with Gasteiger partial charge in [-0.2, -0.15) is 0 Å². The zero-order valence-corrected chi connectivity index (χ0v) is 20.5. The molecule has 1 aromatic heterocycles. The number of anilines is 2. The summed E-state index contributed by atoms with van der Waals surface area (Å²) in [6, 6.07) is 19.3. The lowest BCUT2D eigenvalue weighted by Crippen LogP contribution is -2.42. The number of hydrogen-bond donors (Lipinski definition) is 1. The quantitative estimate of drug-likeness (QED) is 0.426. The van der Waals surface area contributed by atoms with E-state index >= 15 is 0 Å². The number of sulfonamides is 1. The van der Waals surface area contributed by atoms with Gasteiger partial charge in [0.15, 0.2) is 11.2 Å². The van der Waals surface area contributed by atoms with Gasteiger partial charge in [-0.3, -0.25) is 13.9 Å². The Bertz CT molecular complexity index is 1630. The molecule has 9 heteroatoms. The second-order valence-corrected chi connectivity index (χ2v) is 10.4. The van der Waals surface area contributed by atoms with Crippen molar-refractivity contribution < 1.29 is 22.4 Å². The number of fused-ring (bicyclic) bond motifs is 2. The summed E-state index contributed by atoms with van der Waals surface area (Å²) < 4.78 is 39.5.